The van der Waals surface area contributed by atoms with E-state index in [2.05, 4.69) is 78.2 Å². The molecule has 1 rings (SSSR count). The van der Waals surface area contributed by atoms with Crippen LogP contribution in [-0.4, -0.2) is 31.1 Å². The fraction of sp³-hybridized carbons (Fsp3) is 0.600. The Morgan fingerprint density at radius 3 is 2.61 bits per heavy atom. The molecule has 0 heterocycles. The summed E-state index contributed by atoms with van der Waals surface area (Å²) in [5.41, 5.74) is 1.33. The highest BCUT2D eigenvalue weighted by molar-refractivity contribution is 9.10. The van der Waals surface area contributed by atoms with Crippen LogP contribution in [0.1, 0.15) is 38.8 Å². The van der Waals surface area contributed by atoms with E-state index in [0.29, 0.717) is 12.1 Å². The monoisotopic (exact) mass is 312 g/mol. The molecule has 0 aliphatic carbocycles. The number of nitrogens with zero attached hydrogens (tertiary/aromatic N) is 1. The van der Waals surface area contributed by atoms with Crippen LogP contribution in [0.25, 0.3) is 0 Å². The van der Waals surface area contributed by atoms with Crippen molar-refractivity contribution in [3.8, 4) is 0 Å². The van der Waals surface area contributed by atoms with E-state index < -0.39 is 0 Å². The molecule has 0 saturated heterocycles. The molecular formula is C15H25BrN2. The number of halogens is 1. The topological polar surface area (TPSA) is 15.3 Å². The molecule has 0 radical (unpaired) electrons. The number of hydrogen-bond acceptors (Lipinski definition) is 2. The Labute approximate surface area is 120 Å². The van der Waals surface area contributed by atoms with Crippen molar-refractivity contribution in [1.29, 1.82) is 0 Å². The minimum Gasteiger partial charge on any atom is -0.310 e. The van der Waals surface area contributed by atoms with E-state index in [9.17, 15) is 0 Å². The van der Waals surface area contributed by atoms with E-state index >= 15 is 0 Å². The minimum absolute atomic E-state index is 0.409. The van der Waals surface area contributed by atoms with Crippen molar-refractivity contribution in [3.05, 3.63) is 34.3 Å². The standard InChI is InChI=1S/C15H25BrN2/c1-12(2)18(4)10-6-9-17-13(3)14-7-5-8-15(16)11-14/h5,7-8,11-13,17H,6,9-10H2,1-4H3. The van der Waals surface area contributed by atoms with Crippen LogP contribution < -0.4 is 5.32 Å². The molecule has 0 aliphatic heterocycles. The molecule has 0 fully saturated rings. The van der Waals surface area contributed by atoms with Gasteiger partial charge in [-0.15, -0.1) is 0 Å². The van der Waals surface area contributed by atoms with Gasteiger partial charge in [-0.05, 0) is 65.0 Å². The lowest BCUT2D eigenvalue weighted by atomic mass is 10.1. The summed E-state index contributed by atoms with van der Waals surface area (Å²) in [5.74, 6) is 0. The first-order valence-electron chi connectivity index (χ1n) is 6.69. The first-order chi connectivity index (χ1) is 8.50. The predicted octanol–water partition coefficient (Wildman–Crippen LogP) is 3.83. The SMILES string of the molecule is CC(NCCCN(C)C(C)C)c1cccc(Br)c1. The van der Waals surface area contributed by atoms with Gasteiger partial charge in [0.1, 0.15) is 0 Å². The van der Waals surface area contributed by atoms with Gasteiger partial charge in [-0.25, -0.2) is 0 Å². The first kappa shape index (κ1) is 15.7. The van der Waals surface area contributed by atoms with Crippen LogP contribution in [0.3, 0.4) is 0 Å². The van der Waals surface area contributed by atoms with Gasteiger partial charge in [0, 0.05) is 16.6 Å². The molecule has 18 heavy (non-hydrogen) atoms. The zero-order chi connectivity index (χ0) is 13.5. The summed E-state index contributed by atoms with van der Waals surface area (Å²) >= 11 is 3.51. The molecule has 0 aromatic heterocycles. The van der Waals surface area contributed by atoms with Gasteiger partial charge in [0.2, 0.25) is 0 Å². The van der Waals surface area contributed by atoms with Gasteiger partial charge in [-0.2, -0.15) is 0 Å². The molecule has 1 unspecified atom stereocenters. The quantitative estimate of drug-likeness (QED) is 0.770. The Balaban J connectivity index is 2.27. The van der Waals surface area contributed by atoms with Gasteiger partial charge in [-0.1, -0.05) is 28.1 Å². The summed E-state index contributed by atoms with van der Waals surface area (Å²) in [6.45, 7) is 8.89. The van der Waals surface area contributed by atoms with Crippen molar-refractivity contribution in [1.82, 2.24) is 10.2 Å². The summed E-state index contributed by atoms with van der Waals surface area (Å²) < 4.78 is 1.15. The van der Waals surface area contributed by atoms with Gasteiger partial charge < -0.3 is 10.2 Å². The normalized spacial score (nSPS) is 13.3. The van der Waals surface area contributed by atoms with Crippen molar-refractivity contribution in [2.45, 2.75) is 39.3 Å². The molecule has 1 aromatic carbocycles. The molecular weight excluding hydrogens is 288 g/mol. The van der Waals surface area contributed by atoms with Crippen LogP contribution in [0.5, 0.6) is 0 Å². The van der Waals surface area contributed by atoms with Gasteiger partial charge in [0.05, 0.1) is 0 Å². The molecule has 102 valence electrons. The molecule has 2 nitrogen and oxygen atoms in total. The van der Waals surface area contributed by atoms with Crippen LogP contribution in [0.15, 0.2) is 28.7 Å². The molecule has 1 atom stereocenters. The maximum Gasteiger partial charge on any atom is 0.0292 e. The Bertz CT molecular complexity index is 352. The number of nitrogens with one attached hydrogen (secondary N) is 1. The van der Waals surface area contributed by atoms with E-state index in [1.165, 1.54) is 12.0 Å². The van der Waals surface area contributed by atoms with E-state index in [1.807, 2.05) is 0 Å². The summed E-state index contributed by atoms with van der Waals surface area (Å²) in [6.07, 6.45) is 1.19. The van der Waals surface area contributed by atoms with Crippen molar-refractivity contribution in [3.63, 3.8) is 0 Å². The van der Waals surface area contributed by atoms with E-state index in [0.717, 1.165) is 17.6 Å². The zero-order valence-electron chi connectivity index (χ0n) is 11.9. The molecule has 3 heteroatoms. The molecule has 0 spiro atoms. The number of benzene rings is 1. The fourth-order valence-electron chi connectivity index (χ4n) is 1.80. The zero-order valence-corrected chi connectivity index (χ0v) is 13.5. The van der Waals surface area contributed by atoms with E-state index in [1.54, 1.807) is 0 Å². The van der Waals surface area contributed by atoms with Crippen LogP contribution in [0.4, 0.5) is 0 Å². The van der Waals surface area contributed by atoms with E-state index in [-0.39, 0.29) is 0 Å². The Kier molecular flexibility index (Phi) is 6.90. The van der Waals surface area contributed by atoms with Gasteiger partial charge in [-0.3, -0.25) is 0 Å². The van der Waals surface area contributed by atoms with E-state index in [4.69, 9.17) is 0 Å². The average molecular weight is 313 g/mol. The minimum atomic E-state index is 0.409. The van der Waals surface area contributed by atoms with Crippen LogP contribution in [0, 0.1) is 0 Å². The highest BCUT2D eigenvalue weighted by Gasteiger charge is 2.06. The highest BCUT2D eigenvalue weighted by Crippen LogP contribution is 2.17. The molecule has 0 saturated carbocycles. The molecule has 0 amide bonds. The van der Waals surface area contributed by atoms with Crippen LogP contribution >= 0.6 is 15.9 Å². The lowest BCUT2D eigenvalue weighted by Crippen LogP contribution is -2.30. The first-order valence-corrected chi connectivity index (χ1v) is 7.49. The van der Waals surface area contributed by atoms with Gasteiger partial charge in [0.15, 0.2) is 0 Å². The Hall–Kier alpha value is -0.380. The average Bonchev–Trinajstić information content (AvgIpc) is 2.33. The lowest BCUT2D eigenvalue weighted by molar-refractivity contribution is 0.268. The predicted molar refractivity (Wildman–Crippen MR) is 82.9 cm³/mol. The largest absolute Gasteiger partial charge is 0.310 e. The molecule has 1 aromatic rings. The van der Waals surface area contributed by atoms with Crippen LogP contribution in [-0.2, 0) is 0 Å². The third kappa shape index (κ3) is 5.51. The van der Waals surface area contributed by atoms with Gasteiger partial charge >= 0.3 is 0 Å². The van der Waals surface area contributed by atoms with Crippen molar-refractivity contribution in [2.24, 2.45) is 0 Å². The smallest absolute Gasteiger partial charge is 0.0292 e. The molecule has 0 aliphatic rings. The molecule has 0 bridgehead atoms. The molecule has 1 N–H and O–H groups in total. The Morgan fingerprint density at radius 1 is 1.28 bits per heavy atom. The second-order valence-corrected chi connectivity index (χ2v) is 6.07. The van der Waals surface area contributed by atoms with Crippen LogP contribution in [0.2, 0.25) is 0 Å². The van der Waals surface area contributed by atoms with Crippen molar-refractivity contribution >= 4 is 15.9 Å². The van der Waals surface area contributed by atoms with Crippen molar-refractivity contribution in [2.75, 3.05) is 20.1 Å². The second-order valence-electron chi connectivity index (χ2n) is 5.16. The van der Waals surface area contributed by atoms with Gasteiger partial charge in [0.25, 0.3) is 0 Å². The summed E-state index contributed by atoms with van der Waals surface area (Å²) in [4.78, 5) is 2.38. The maximum absolute atomic E-state index is 3.57. The fourth-order valence-corrected chi connectivity index (χ4v) is 2.22. The summed E-state index contributed by atoms with van der Waals surface area (Å²) in [5, 5.41) is 3.57. The number of rotatable bonds is 7. The summed E-state index contributed by atoms with van der Waals surface area (Å²) in [7, 11) is 2.18. The summed E-state index contributed by atoms with van der Waals surface area (Å²) in [6, 6.07) is 9.54. The third-order valence-corrected chi connectivity index (χ3v) is 3.86. The lowest BCUT2D eigenvalue weighted by Gasteiger charge is -2.21. The third-order valence-electron chi connectivity index (χ3n) is 3.37. The maximum atomic E-state index is 3.57. The second kappa shape index (κ2) is 7.93. The van der Waals surface area contributed by atoms with Crippen molar-refractivity contribution < 1.29 is 0 Å². The highest BCUT2D eigenvalue weighted by atomic mass is 79.9. The number of hydrogen-bond donors (Lipinski definition) is 1. The Morgan fingerprint density at radius 2 is 2.00 bits per heavy atom.